The molecule has 0 aliphatic rings. The molecule has 0 heterocycles. The van der Waals surface area contributed by atoms with Crippen LogP contribution in [-0.2, 0) is 11.2 Å². The van der Waals surface area contributed by atoms with Crippen LogP contribution < -0.4 is 4.90 Å². The molecule has 0 spiro atoms. The minimum absolute atomic E-state index is 0.0727. The van der Waals surface area contributed by atoms with E-state index in [0.717, 1.165) is 16.8 Å². The smallest absolute Gasteiger partial charge is 0.335 e. The summed E-state index contributed by atoms with van der Waals surface area (Å²) in [5.41, 5.74) is 3.75. The van der Waals surface area contributed by atoms with Gasteiger partial charge in [0.05, 0.1) is 12.0 Å². The number of hydrogen-bond donors (Lipinski definition) is 1. The molecule has 4 nitrogen and oxygen atoms in total. The predicted molar refractivity (Wildman–Crippen MR) is 91.0 cm³/mol. The fourth-order valence-corrected chi connectivity index (χ4v) is 2.75. The number of aromatic carboxylic acids is 1. The Morgan fingerprint density at radius 1 is 1.04 bits per heavy atom. The summed E-state index contributed by atoms with van der Waals surface area (Å²) in [6, 6.07) is 12.6. The summed E-state index contributed by atoms with van der Waals surface area (Å²) in [4.78, 5) is 25.6. The van der Waals surface area contributed by atoms with Crippen LogP contribution in [0.2, 0.25) is 0 Å². The van der Waals surface area contributed by atoms with Gasteiger partial charge in [-0.05, 0) is 55.7 Å². The van der Waals surface area contributed by atoms with Crippen LogP contribution >= 0.6 is 0 Å². The number of nitrogens with zero attached hydrogens (tertiary/aromatic N) is 1. The minimum Gasteiger partial charge on any atom is -0.478 e. The molecule has 0 fully saturated rings. The highest BCUT2D eigenvalue weighted by atomic mass is 16.4. The number of anilines is 1. The maximum atomic E-state index is 12.7. The Balaban J connectivity index is 2.29. The largest absolute Gasteiger partial charge is 0.478 e. The average Bonchev–Trinajstić information content (AvgIpc) is 2.47. The number of benzene rings is 2. The molecule has 2 aromatic rings. The average molecular weight is 311 g/mol. The van der Waals surface area contributed by atoms with E-state index in [4.69, 9.17) is 0 Å². The monoisotopic (exact) mass is 311 g/mol. The lowest BCUT2D eigenvalue weighted by molar-refractivity contribution is -0.117. The zero-order valence-corrected chi connectivity index (χ0v) is 13.7. The highest BCUT2D eigenvalue weighted by Gasteiger charge is 2.18. The van der Waals surface area contributed by atoms with Gasteiger partial charge in [-0.25, -0.2) is 4.79 Å². The van der Waals surface area contributed by atoms with Crippen molar-refractivity contribution in [2.45, 2.75) is 27.2 Å². The molecule has 0 unspecified atom stereocenters. The SMILES string of the molecule is CCN(C(=O)Cc1ccccc1C(=O)O)c1cc(C)cc(C)c1. The van der Waals surface area contributed by atoms with Gasteiger partial charge in [0.1, 0.15) is 0 Å². The van der Waals surface area contributed by atoms with Gasteiger partial charge in [0.25, 0.3) is 0 Å². The van der Waals surface area contributed by atoms with Crippen molar-refractivity contribution in [1.82, 2.24) is 0 Å². The van der Waals surface area contributed by atoms with Crippen molar-refractivity contribution in [3.05, 3.63) is 64.7 Å². The third-order valence-electron chi connectivity index (χ3n) is 3.72. The minimum atomic E-state index is -1.01. The Morgan fingerprint density at radius 2 is 1.65 bits per heavy atom. The van der Waals surface area contributed by atoms with E-state index in [2.05, 4.69) is 6.07 Å². The molecule has 23 heavy (non-hydrogen) atoms. The van der Waals surface area contributed by atoms with Crippen LogP contribution in [-0.4, -0.2) is 23.5 Å². The number of rotatable bonds is 5. The molecular weight excluding hydrogens is 290 g/mol. The molecule has 120 valence electrons. The van der Waals surface area contributed by atoms with Gasteiger partial charge in [-0.15, -0.1) is 0 Å². The standard InChI is InChI=1S/C19H21NO3/c1-4-20(16-10-13(2)9-14(3)11-16)18(21)12-15-7-5-6-8-17(15)19(22)23/h5-11H,4,12H2,1-3H3,(H,22,23). The highest BCUT2D eigenvalue weighted by molar-refractivity contribution is 5.97. The lowest BCUT2D eigenvalue weighted by Gasteiger charge is -2.22. The number of carboxylic acids is 1. The van der Waals surface area contributed by atoms with Crippen molar-refractivity contribution in [1.29, 1.82) is 0 Å². The first-order valence-electron chi connectivity index (χ1n) is 7.62. The summed E-state index contributed by atoms with van der Waals surface area (Å²) in [5, 5.41) is 9.24. The molecule has 0 aromatic heterocycles. The second kappa shape index (κ2) is 7.09. The van der Waals surface area contributed by atoms with Gasteiger partial charge in [-0.3, -0.25) is 4.79 Å². The van der Waals surface area contributed by atoms with E-state index in [1.54, 1.807) is 23.1 Å². The third kappa shape index (κ3) is 3.97. The first-order chi connectivity index (χ1) is 10.9. The Hall–Kier alpha value is -2.62. The van der Waals surface area contributed by atoms with Gasteiger partial charge < -0.3 is 10.0 Å². The van der Waals surface area contributed by atoms with Crippen LogP contribution in [0.25, 0.3) is 0 Å². The molecule has 0 atom stereocenters. The maximum Gasteiger partial charge on any atom is 0.335 e. The number of carboxylic acid groups (broad SMARTS) is 1. The molecular formula is C19H21NO3. The van der Waals surface area contributed by atoms with E-state index in [9.17, 15) is 14.7 Å². The van der Waals surface area contributed by atoms with Crippen LogP contribution in [0.5, 0.6) is 0 Å². The summed E-state index contributed by atoms with van der Waals surface area (Å²) in [6.45, 7) is 6.44. The summed E-state index contributed by atoms with van der Waals surface area (Å²) >= 11 is 0. The molecule has 1 N–H and O–H groups in total. The van der Waals surface area contributed by atoms with Crippen molar-refractivity contribution in [2.24, 2.45) is 0 Å². The Bertz CT molecular complexity index is 717. The van der Waals surface area contributed by atoms with Crippen molar-refractivity contribution in [3.8, 4) is 0 Å². The predicted octanol–water partition coefficient (Wildman–Crippen LogP) is 3.60. The number of amides is 1. The van der Waals surface area contributed by atoms with E-state index < -0.39 is 5.97 Å². The molecule has 0 aliphatic heterocycles. The van der Waals surface area contributed by atoms with E-state index in [-0.39, 0.29) is 17.9 Å². The maximum absolute atomic E-state index is 12.7. The zero-order chi connectivity index (χ0) is 17.0. The Kier molecular flexibility index (Phi) is 5.16. The third-order valence-corrected chi connectivity index (χ3v) is 3.72. The van der Waals surface area contributed by atoms with Crippen LogP contribution in [0.3, 0.4) is 0 Å². The number of likely N-dealkylation sites (N-methyl/N-ethyl adjacent to an activating group) is 1. The number of hydrogen-bond acceptors (Lipinski definition) is 2. The molecule has 1 amide bonds. The first-order valence-corrected chi connectivity index (χ1v) is 7.62. The fourth-order valence-electron chi connectivity index (χ4n) is 2.75. The number of carbonyl (C=O) groups excluding carboxylic acids is 1. The second-order valence-corrected chi connectivity index (χ2v) is 5.62. The van der Waals surface area contributed by atoms with Crippen molar-refractivity contribution in [3.63, 3.8) is 0 Å². The highest BCUT2D eigenvalue weighted by Crippen LogP contribution is 2.20. The molecule has 0 aliphatic carbocycles. The number of aryl methyl sites for hydroxylation is 2. The molecule has 2 aromatic carbocycles. The van der Waals surface area contributed by atoms with Crippen molar-refractivity contribution < 1.29 is 14.7 Å². The quantitative estimate of drug-likeness (QED) is 0.918. The topological polar surface area (TPSA) is 57.6 Å². The van der Waals surface area contributed by atoms with E-state index in [1.807, 2.05) is 32.9 Å². The lowest BCUT2D eigenvalue weighted by atomic mass is 10.0. The van der Waals surface area contributed by atoms with Gasteiger partial charge in [0.2, 0.25) is 5.91 Å². The Morgan fingerprint density at radius 3 is 2.22 bits per heavy atom. The normalized spacial score (nSPS) is 10.4. The molecule has 0 saturated carbocycles. The zero-order valence-electron chi connectivity index (χ0n) is 13.7. The summed E-state index contributed by atoms with van der Waals surface area (Å²) < 4.78 is 0. The van der Waals surface area contributed by atoms with Crippen LogP contribution in [0.15, 0.2) is 42.5 Å². The van der Waals surface area contributed by atoms with Crippen molar-refractivity contribution >= 4 is 17.6 Å². The van der Waals surface area contributed by atoms with E-state index >= 15 is 0 Å². The summed E-state index contributed by atoms with van der Waals surface area (Å²) in [6.07, 6.45) is 0.0727. The fraction of sp³-hybridized carbons (Fsp3) is 0.263. The second-order valence-electron chi connectivity index (χ2n) is 5.62. The van der Waals surface area contributed by atoms with E-state index in [0.29, 0.717) is 12.1 Å². The van der Waals surface area contributed by atoms with Gasteiger partial charge >= 0.3 is 5.97 Å². The van der Waals surface area contributed by atoms with Gasteiger partial charge in [-0.1, -0.05) is 24.3 Å². The van der Waals surface area contributed by atoms with Crippen LogP contribution in [0.4, 0.5) is 5.69 Å². The molecule has 4 heteroatoms. The number of carbonyl (C=O) groups is 2. The summed E-state index contributed by atoms with van der Waals surface area (Å²) in [7, 11) is 0. The molecule has 0 bridgehead atoms. The van der Waals surface area contributed by atoms with Crippen molar-refractivity contribution in [2.75, 3.05) is 11.4 Å². The molecule has 0 radical (unpaired) electrons. The van der Waals surface area contributed by atoms with Gasteiger partial charge in [0, 0.05) is 12.2 Å². The summed E-state index contributed by atoms with van der Waals surface area (Å²) in [5.74, 6) is -1.12. The Labute approximate surface area is 136 Å². The van der Waals surface area contributed by atoms with Gasteiger partial charge in [0.15, 0.2) is 0 Å². The van der Waals surface area contributed by atoms with E-state index in [1.165, 1.54) is 6.07 Å². The first kappa shape index (κ1) is 16.7. The van der Waals surface area contributed by atoms with Crippen LogP contribution in [0.1, 0.15) is 34.0 Å². The van der Waals surface area contributed by atoms with Gasteiger partial charge in [-0.2, -0.15) is 0 Å². The molecule has 2 rings (SSSR count). The van der Waals surface area contributed by atoms with Crippen LogP contribution in [0, 0.1) is 13.8 Å². The molecule has 0 saturated heterocycles. The lowest BCUT2D eigenvalue weighted by Crippen LogP contribution is -2.32.